The maximum atomic E-state index is 11.8. The zero-order valence-electron chi connectivity index (χ0n) is 8.42. The number of Topliss-reactive ketones (excluding diaryl/α,β-unsaturated/α-hetero) is 1. The molecule has 1 aliphatic rings. The molecule has 0 aromatic heterocycles. The first-order chi connectivity index (χ1) is 6.20. The van der Waals surface area contributed by atoms with E-state index in [4.69, 9.17) is 5.26 Å². The van der Waals surface area contributed by atoms with Crippen LogP contribution in [0.4, 0.5) is 0 Å². The fraction of sp³-hybridized carbons (Fsp3) is 0.818. The average Bonchev–Trinajstić information content (AvgIpc) is 2.53. The summed E-state index contributed by atoms with van der Waals surface area (Å²) in [4.78, 5) is 11.8. The van der Waals surface area contributed by atoms with Crippen molar-refractivity contribution >= 4 is 5.78 Å². The molecular formula is C11H17NO. The van der Waals surface area contributed by atoms with Crippen LogP contribution in [0.5, 0.6) is 0 Å². The van der Waals surface area contributed by atoms with Crippen LogP contribution in [0.15, 0.2) is 0 Å². The van der Waals surface area contributed by atoms with E-state index in [-0.39, 0.29) is 17.6 Å². The third kappa shape index (κ3) is 2.09. The Morgan fingerprint density at radius 3 is 2.69 bits per heavy atom. The van der Waals surface area contributed by atoms with Gasteiger partial charge in [0.25, 0.3) is 0 Å². The quantitative estimate of drug-likeness (QED) is 0.668. The minimum atomic E-state index is -0.356. The van der Waals surface area contributed by atoms with Crippen LogP contribution in [-0.2, 0) is 4.79 Å². The first-order valence-corrected chi connectivity index (χ1v) is 5.14. The number of carbonyl (C=O) groups is 1. The van der Waals surface area contributed by atoms with Gasteiger partial charge >= 0.3 is 0 Å². The predicted octanol–water partition coefficient (Wildman–Crippen LogP) is 2.54. The van der Waals surface area contributed by atoms with E-state index in [9.17, 15) is 4.79 Å². The molecule has 1 aliphatic carbocycles. The van der Waals surface area contributed by atoms with Crippen molar-refractivity contribution < 1.29 is 4.79 Å². The zero-order valence-corrected chi connectivity index (χ0v) is 8.42. The summed E-state index contributed by atoms with van der Waals surface area (Å²) in [6.07, 6.45) is 3.97. The van der Waals surface area contributed by atoms with Crippen molar-refractivity contribution in [2.45, 2.75) is 39.5 Å². The monoisotopic (exact) mass is 179 g/mol. The molecule has 0 bridgehead atoms. The van der Waals surface area contributed by atoms with Gasteiger partial charge in [-0.15, -0.1) is 0 Å². The molecule has 0 saturated heterocycles. The van der Waals surface area contributed by atoms with E-state index in [1.54, 1.807) is 0 Å². The van der Waals surface area contributed by atoms with Crippen LogP contribution in [0.3, 0.4) is 0 Å². The lowest BCUT2D eigenvalue weighted by Gasteiger charge is -2.16. The second kappa shape index (κ2) is 4.41. The van der Waals surface area contributed by atoms with Gasteiger partial charge in [0.1, 0.15) is 5.92 Å². The molecule has 13 heavy (non-hydrogen) atoms. The van der Waals surface area contributed by atoms with Crippen LogP contribution in [0.1, 0.15) is 39.5 Å². The number of hydrogen-bond acceptors (Lipinski definition) is 2. The van der Waals surface area contributed by atoms with Gasteiger partial charge in [-0.3, -0.25) is 4.79 Å². The van der Waals surface area contributed by atoms with Gasteiger partial charge in [-0.25, -0.2) is 0 Å². The molecule has 3 unspecified atom stereocenters. The van der Waals surface area contributed by atoms with Gasteiger partial charge in [-0.05, 0) is 25.2 Å². The zero-order chi connectivity index (χ0) is 9.84. The van der Waals surface area contributed by atoms with Crippen LogP contribution in [0, 0.1) is 29.1 Å². The lowest BCUT2D eigenvalue weighted by molar-refractivity contribution is -0.126. The largest absolute Gasteiger partial charge is 0.298 e. The Morgan fingerprint density at radius 2 is 2.31 bits per heavy atom. The summed E-state index contributed by atoms with van der Waals surface area (Å²) < 4.78 is 0. The first kappa shape index (κ1) is 10.2. The summed E-state index contributed by atoms with van der Waals surface area (Å²) in [7, 11) is 0. The molecule has 0 spiro atoms. The van der Waals surface area contributed by atoms with Gasteiger partial charge in [0.05, 0.1) is 6.07 Å². The summed E-state index contributed by atoms with van der Waals surface area (Å²) in [5.41, 5.74) is 0. The smallest absolute Gasteiger partial charge is 0.153 e. The molecule has 0 aliphatic heterocycles. The fourth-order valence-corrected chi connectivity index (χ4v) is 2.18. The van der Waals surface area contributed by atoms with Gasteiger partial charge in [-0.2, -0.15) is 5.26 Å². The predicted molar refractivity (Wildman–Crippen MR) is 50.9 cm³/mol. The molecule has 0 aromatic carbocycles. The highest BCUT2D eigenvalue weighted by molar-refractivity contribution is 5.85. The van der Waals surface area contributed by atoms with Crippen molar-refractivity contribution in [1.82, 2.24) is 0 Å². The second-order valence-corrected chi connectivity index (χ2v) is 4.01. The van der Waals surface area contributed by atoms with E-state index in [1.165, 1.54) is 0 Å². The molecule has 0 aromatic rings. The standard InChI is InChI=1S/C11H17NO/c1-3-9(7-12)11(13)10-6-4-5-8(10)2/h8-10H,3-6H2,1-2H3. The molecule has 0 amide bonds. The van der Waals surface area contributed by atoms with Gasteiger partial charge in [0.2, 0.25) is 0 Å². The SMILES string of the molecule is CCC(C#N)C(=O)C1CCCC1C. The van der Waals surface area contributed by atoms with Crippen molar-refractivity contribution in [3.8, 4) is 6.07 Å². The summed E-state index contributed by atoms with van der Waals surface area (Å²) >= 11 is 0. The van der Waals surface area contributed by atoms with E-state index in [0.717, 1.165) is 19.3 Å². The van der Waals surface area contributed by atoms with Crippen LogP contribution in [0.2, 0.25) is 0 Å². The lowest BCUT2D eigenvalue weighted by atomic mass is 9.86. The third-order valence-electron chi connectivity index (χ3n) is 3.13. The highest BCUT2D eigenvalue weighted by Gasteiger charge is 2.33. The van der Waals surface area contributed by atoms with E-state index in [2.05, 4.69) is 13.0 Å². The Kier molecular flexibility index (Phi) is 3.48. The van der Waals surface area contributed by atoms with Crippen LogP contribution < -0.4 is 0 Å². The molecule has 1 rings (SSSR count). The molecule has 2 nitrogen and oxygen atoms in total. The Balaban J connectivity index is 2.61. The highest BCUT2D eigenvalue weighted by atomic mass is 16.1. The van der Waals surface area contributed by atoms with Gasteiger partial charge < -0.3 is 0 Å². The first-order valence-electron chi connectivity index (χ1n) is 5.14. The summed E-state index contributed by atoms with van der Waals surface area (Å²) in [5.74, 6) is 0.500. The molecule has 1 saturated carbocycles. The maximum Gasteiger partial charge on any atom is 0.153 e. The van der Waals surface area contributed by atoms with Crippen molar-refractivity contribution in [3.63, 3.8) is 0 Å². The van der Waals surface area contributed by atoms with Crippen molar-refractivity contribution in [3.05, 3.63) is 0 Å². The van der Waals surface area contributed by atoms with Crippen molar-refractivity contribution in [2.75, 3.05) is 0 Å². The van der Waals surface area contributed by atoms with Crippen LogP contribution in [0.25, 0.3) is 0 Å². The molecule has 0 radical (unpaired) electrons. The summed E-state index contributed by atoms with van der Waals surface area (Å²) in [6.45, 7) is 4.03. The molecule has 2 heteroatoms. The minimum Gasteiger partial charge on any atom is -0.298 e. The number of ketones is 1. The minimum absolute atomic E-state index is 0.171. The molecular weight excluding hydrogens is 162 g/mol. The molecule has 0 N–H and O–H groups in total. The lowest BCUT2D eigenvalue weighted by Crippen LogP contribution is -2.24. The number of nitrogens with zero attached hydrogens (tertiary/aromatic N) is 1. The number of hydrogen-bond donors (Lipinski definition) is 0. The number of carbonyl (C=O) groups excluding carboxylic acids is 1. The van der Waals surface area contributed by atoms with Gasteiger partial charge in [0.15, 0.2) is 5.78 Å². The Labute approximate surface area is 79.9 Å². The van der Waals surface area contributed by atoms with Crippen LogP contribution >= 0.6 is 0 Å². The van der Waals surface area contributed by atoms with E-state index < -0.39 is 0 Å². The molecule has 3 atom stereocenters. The average molecular weight is 179 g/mol. The van der Waals surface area contributed by atoms with Crippen molar-refractivity contribution in [1.29, 1.82) is 5.26 Å². The molecule has 1 fully saturated rings. The van der Waals surface area contributed by atoms with Gasteiger partial charge in [0, 0.05) is 5.92 Å². The maximum absolute atomic E-state index is 11.8. The molecule has 0 heterocycles. The number of nitriles is 1. The Hall–Kier alpha value is -0.840. The summed E-state index contributed by atoms with van der Waals surface area (Å²) in [5, 5.41) is 8.77. The van der Waals surface area contributed by atoms with Crippen molar-refractivity contribution in [2.24, 2.45) is 17.8 Å². The fourth-order valence-electron chi connectivity index (χ4n) is 2.18. The highest BCUT2D eigenvalue weighted by Crippen LogP contribution is 2.33. The normalized spacial score (nSPS) is 29.6. The summed E-state index contributed by atoms with van der Waals surface area (Å²) in [6, 6.07) is 2.10. The van der Waals surface area contributed by atoms with Gasteiger partial charge in [-0.1, -0.05) is 20.3 Å². The topological polar surface area (TPSA) is 40.9 Å². The molecule has 72 valence electrons. The van der Waals surface area contributed by atoms with Crippen LogP contribution in [-0.4, -0.2) is 5.78 Å². The van der Waals surface area contributed by atoms with E-state index >= 15 is 0 Å². The second-order valence-electron chi connectivity index (χ2n) is 4.01. The Bertz CT molecular complexity index is 229. The Morgan fingerprint density at radius 1 is 1.62 bits per heavy atom. The van der Waals surface area contributed by atoms with E-state index in [0.29, 0.717) is 12.3 Å². The third-order valence-corrected chi connectivity index (χ3v) is 3.13. The van der Waals surface area contributed by atoms with E-state index in [1.807, 2.05) is 6.92 Å². The number of rotatable bonds is 3.